The third-order valence-corrected chi connectivity index (χ3v) is 1.51. The zero-order valence-electron chi connectivity index (χ0n) is 7.77. The number of esters is 1. The Morgan fingerprint density at radius 3 is 2.79 bits per heavy atom. The Kier molecular flexibility index (Phi) is 3.72. The number of hydrogen-bond acceptors (Lipinski definition) is 5. The Morgan fingerprint density at radius 1 is 1.43 bits per heavy atom. The first-order valence-corrected chi connectivity index (χ1v) is 4.19. The van der Waals surface area contributed by atoms with Gasteiger partial charge >= 0.3 is 5.97 Å². The lowest BCUT2D eigenvalue weighted by atomic mass is 10.1. The zero-order chi connectivity index (χ0) is 10.4. The van der Waals surface area contributed by atoms with Crippen molar-refractivity contribution in [2.75, 3.05) is 6.61 Å². The van der Waals surface area contributed by atoms with E-state index in [1.54, 1.807) is 13.0 Å². The van der Waals surface area contributed by atoms with Crippen molar-refractivity contribution in [3.63, 3.8) is 0 Å². The molecule has 0 unspecified atom stereocenters. The molecule has 1 heterocycles. The Bertz CT molecular complexity index is 324. The minimum Gasteiger partial charge on any atom is -0.460 e. The molecule has 0 aliphatic heterocycles. The fraction of sp³-hybridized carbons (Fsp3) is 0.333. The molecule has 1 aromatic heterocycles. The molecule has 1 rings (SSSR count). The van der Waals surface area contributed by atoms with Gasteiger partial charge in [0.1, 0.15) is 0 Å². The van der Waals surface area contributed by atoms with Crippen LogP contribution in [0, 0.1) is 0 Å². The number of rotatable bonds is 4. The van der Waals surface area contributed by atoms with Crippen molar-refractivity contribution in [2.24, 2.45) is 0 Å². The fourth-order valence-corrected chi connectivity index (χ4v) is 0.892. The van der Waals surface area contributed by atoms with Gasteiger partial charge in [0.2, 0.25) is 5.78 Å². The summed E-state index contributed by atoms with van der Waals surface area (Å²) in [7, 11) is 0. The zero-order valence-corrected chi connectivity index (χ0v) is 7.77. The largest absolute Gasteiger partial charge is 0.460 e. The molecule has 0 radical (unpaired) electrons. The van der Waals surface area contributed by atoms with Crippen molar-refractivity contribution in [1.82, 2.24) is 10.2 Å². The van der Waals surface area contributed by atoms with E-state index in [1.807, 2.05) is 0 Å². The van der Waals surface area contributed by atoms with Crippen molar-refractivity contribution in [2.45, 2.75) is 13.3 Å². The predicted octanol–water partition coefficient (Wildman–Crippen LogP) is 0.151. The third kappa shape index (κ3) is 2.93. The van der Waals surface area contributed by atoms with Gasteiger partial charge in [-0.2, -0.15) is 10.2 Å². The summed E-state index contributed by atoms with van der Waals surface area (Å²) < 4.78 is 4.55. The number of carbonyl (C=O) groups is 2. The van der Waals surface area contributed by atoms with E-state index in [2.05, 4.69) is 14.9 Å². The van der Waals surface area contributed by atoms with Gasteiger partial charge < -0.3 is 4.74 Å². The van der Waals surface area contributed by atoms with Crippen molar-refractivity contribution >= 4 is 11.8 Å². The summed E-state index contributed by atoms with van der Waals surface area (Å²) >= 11 is 0. The fourth-order valence-electron chi connectivity index (χ4n) is 0.892. The van der Waals surface area contributed by atoms with Crippen LogP contribution in [0.5, 0.6) is 0 Å². The Hall–Kier alpha value is -1.78. The highest BCUT2D eigenvalue weighted by Crippen LogP contribution is 1.97. The van der Waals surface area contributed by atoms with E-state index in [4.69, 9.17) is 0 Å². The first kappa shape index (κ1) is 10.3. The van der Waals surface area contributed by atoms with E-state index in [0.29, 0.717) is 5.56 Å². The lowest BCUT2D eigenvalue weighted by Gasteiger charge is -1.99. The number of ketones is 1. The van der Waals surface area contributed by atoms with Crippen LogP contribution in [0.15, 0.2) is 18.5 Å². The summed E-state index contributed by atoms with van der Waals surface area (Å²) in [4.78, 5) is 22.1. The second-order valence-electron chi connectivity index (χ2n) is 2.57. The Labute approximate surface area is 81.1 Å². The number of Topliss-reactive ketones (excluding diaryl/α,β-unsaturated/α-hetero) is 1. The van der Waals surface area contributed by atoms with Crippen molar-refractivity contribution < 1.29 is 14.3 Å². The van der Waals surface area contributed by atoms with Crippen molar-refractivity contribution in [3.05, 3.63) is 24.0 Å². The molecule has 74 valence electrons. The van der Waals surface area contributed by atoms with Gasteiger partial charge in [-0.05, 0) is 18.6 Å². The maximum absolute atomic E-state index is 11.2. The van der Waals surface area contributed by atoms with Crippen LogP contribution in [0.1, 0.15) is 12.5 Å². The van der Waals surface area contributed by atoms with Crippen LogP contribution in [-0.2, 0) is 20.7 Å². The second-order valence-corrected chi connectivity index (χ2v) is 2.57. The van der Waals surface area contributed by atoms with Crippen LogP contribution in [-0.4, -0.2) is 28.6 Å². The Morgan fingerprint density at radius 2 is 2.21 bits per heavy atom. The van der Waals surface area contributed by atoms with Gasteiger partial charge in [-0.3, -0.25) is 4.79 Å². The molecule has 0 aliphatic rings. The summed E-state index contributed by atoms with van der Waals surface area (Å²) in [6.07, 6.45) is 2.92. The average Bonchev–Trinajstić information content (AvgIpc) is 2.19. The highest BCUT2D eigenvalue weighted by atomic mass is 16.5. The number of ether oxygens (including phenoxy) is 1. The van der Waals surface area contributed by atoms with Gasteiger partial charge in [-0.25, -0.2) is 4.79 Å². The monoisotopic (exact) mass is 194 g/mol. The number of aromatic nitrogens is 2. The minimum absolute atomic E-state index is 0.00829. The van der Waals surface area contributed by atoms with Crippen LogP contribution in [0.4, 0.5) is 0 Å². The molecule has 5 heteroatoms. The predicted molar refractivity (Wildman–Crippen MR) is 47.4 cm³/mol. The summed E-state index contributed by atoms with van der Waals surface area (Å²) in [5.41, 5.74) is 0.651. The van der Waals surface area contributed by atoms with Gasteiger partial charge in [0.15, 0.2) is 0 Å². The number of hydrogen-bond donors (Lipinski definition) is 0. The Balaban J connectivity index is 2.53. The van der Waals surface area contributed by atoms with E-state index in [9.17, 15) is 9.59 Å². The molecular weight excluding hydrogens is 184 g/mol. The van der Waals surface area contributed by atoms with Gasteiger partial charge in [-0.1, -0.05) is 0 Å². The van der Waals surface area contributed by atoms with E-state index < -0.39 is 11.8 Å². The summed E-state index contributed by atoms with van der Waals surface area (Å²) in [6.45, 7) is 1.86. The van der Waals surface area contributed by atoms with Crippen LogP contribution in [0.2, 0.25) is 0 Å². The topological polar surface area (TPSA) is 69.2 Å². The molecule has 0 atom stereocenters. The second kappa shape index (κ2) is 5.06. The van der Waals surface area contributed by atoms with Gasteiger partial charge in [0.25, 0.3) is 0 Å². The molecule has 0 saturated carbocycles. The number of nitrogens with zero attached hydrogens (tertiary/aromatic N) is 2. The molecule has 0 fully saturated rings. The van der Waals surface area contributed by atoms with E-state index in [-0.39, 0.29) is 13.0 Å². The number of carbonyl (C=O) groups excluding carboxylic acids is 2. The molecule has 0 aliphatic carbocycles. The highest BCUT2D eigenvalue weighted by Gasteiger charge is 2.14. The molecule has 0 spiro atoms. The molecule has 5 nitrogen and oxygen atoms in total. The summed E-state index contributed by atoms with van der Waals surface area (Å²) in [5.74, 6) is -1.37. The van der Waals surface area contributed by atoms with Crippen LogP contribution < -0.4 is 0 Å². The van der Waals surface area contributed by atoms with Crippen molar-refractivity contribution in [3.8, 4) is 0 Å². The van der Waals surface area contributed by atoms with E-state index in [1.165, 1.54) is 12.4 Å². The molecule has 0 bridgehead atoms. The minimum atomic E-state index is -0.802. The molecular formula is C9H10N2O3. The standard InChI is InChI=1S/C9H10N2O3/c1-2-14-9(13)8(12)5-7-3-4-10-11-6-7/h3-4,6H,2,5H2,1H3. The molecule has 0 aromatic carbocycles. The maximum atomic E-state index is 11.2. The molecule has 14 heavy (non-hydrogen) atoms. The smallest absolute Gasteiger partial charge is 0.374 e. The average molecular weight is 194 g/mol. The molecule has 1 aromatic rings. The SMILES string of the molecule is CCOC(=O)C(=O)Cc1ccnnc1. The van der Waals surface area contributed by atoms with Gasteiger partial charge in [-0.15, -0.1) is 0 Å². The highest BCUT2D eigenvalue weighted by molar-refractivity contribution is 6.34. The first-order chi connectivity index (χ1) is 6.74. The lowest BCUT2D eigenvalue weighted by molar-refractivity contribution is -0.153. The first-order valence-electron chi connectivity index (χ1n) is 4.19. The van der Waals surface area contributed by atoms with Crippen LogP contribution >= 0.6 is 0 Å². The summed E-state index contributed by atoms with van der Waals surface area (Å²) in [5, 5.41) is 7.15. The maximum Gasteiger partial charge on any atom is 0.374 e. The lowest BCUT2D eigenvalue weighted by Crippen LogP contribution is -2.19. The summed E-state index contributed by atoms with van der Waals surface area (Å²) in [6, 6.07) is 1.63. The van der Waals surface area contributed by atoms with E-state index >= 15 is 0 Å². The molecule has 0 amide bonds. The third-order valence-electron chi connectivity index (χ3n) is 1.51. The van der Waals surface area contributed by atoms with Crippen LogP contribution in [0.25, 0.3) is 0 Å². The van der Waals surface area contributed by atoms with Gasteiger partial charge in [0.05, 0.1) is 12.8 Å². The molecule has 0 saturated heterocycles. The quantitative estimate of drug-likeness (QED) is 0.504. The van der Waals surface area contributed by atoms with Gasteiger partial charge in [0, 0.05) is 12.6 Å². The normalized spacial score (nSPS) is 9.50. The molecule has 0 N–H and O–H groups in total. The van der Waals surface area contributed by atoms with Crippen LogP contribution in [0.3, 0.4) is 0 Å². The van der Waals surface area contributed by atoms with E-state index in [0.717, 1.165) is 0 Å². The van der Waals surface area contributed by atoms with Crippen molar-refractivity contribution in [1.29, 1.82) is 0 Å².